The topological polar surface area (TPSA) is 158 Å². The van der Waals surface area contributed by atoms with Crippen LogP contribution in [0.5, 0.6) is 5.75 Å². The van der Waals surface area contributed by atoms with Crippen LogP contribution in [0.4, 0.5) is 5.69 Å². The Bertz CT molecular complexity index is 988. The number of nitrogens with zero attached hydrogens (tertiary/aromatic N) is 1. The SMILES string of the molecule is CC(=O)N1CC(Oc2cccc(C(=N)N)c2)CC1C(=O)Nc1ccc(C(=N)N)cc1. The van der Waals surface area contributed by atoms with Crippen molar-refractivity contribution in [1.29, 1.82) is 10.8 Å². The molecule has 2 atom stereocenters. The number of carbonyl (C=O) groups is 2. The molecule has 0 radical (unpaired) electrons. The predicted molar refractivity (Wildman–Crippen MR) is 114 cm³/mol. The van der Waals surface area contributed by atoms with Gasteiger partial charge in [-0.15, -0.1) is 0 Å². The van der Waals surface area contributed by atoms with Gasteiger partial charge in [-0.25, -0.2) is 0 Å². The maximum atomic E-state index is 12.8. The van der Waals surface area contributed by atoms with Crippen LogP contribution in [0.3, 0.4) is 0 Å². The monoisotopic (exact) mass is 408 g/mol. The summed E-state index contributed by atoms with van der Waals surface area (Å²) in [5.74, 6) is -0.127. The fourth-order valence-corrected chi connectivity index (χ4v) is 3.37. The number of ether oxygens (including phenoxy) is 1. The van der Waals surface area contributed by atoms with Gasteiger partial charge >= 0.3 is 0 Å². The van der Waals surface area contributed by atoms with Crippen molar-refractivity contribution in [1.82, 2.24) is 4.90 Å². The minimum absolute atomic E-state index is 0.0553. The number of nitrogens with two attached hydrogens (primary N) is 2. The number of hydrogen-bond donors (Lipinski definition) is 5. The van der Waals surface area contributed by atoms with Gasteiger partial charge < -0.3 is 26.4 Å². The summed E-state index contributed by atoms with van der Waals surface area (Å²) in [5, 5.41) is 17.8. The lowest BCUT2D eigenvalue weighted by Gasteiger charge is -2.22. The Hall–Kier alpha value is -3.88. The van der Waals surface area contributed by atoms with Gasteiger partial charge in [-0.3, -0.25) is 20.4 Å². The second kappa shape index (κ2) is 8.64. The number of carbonyl (C=O) groups excluding carboxylic acids is 2. The van der Waals surface area contributed by atoms with E-state index < -0.39 is 6.04 Å². The van der Waals surface area contributed by atoms with Gasteiger partial charge in [-0.05, 0) is 36.4 Å². The summed E-state index contributed by atoms with van der Waals surface area (Å²) in [4.78, 5) is 26.4. The molecule has 9 nitrogen and oxygen atoms in total. The first-order chi connectivity index (χ1) is 14.2. The summed E-state index contributed by atoms with van der Waals surface area (Å²) in [7, 11) is 0. The minimum Gasteiger partial charge on any atom is -0.488 e. The number of rotatable bonds is 6. The zero-order valence-corrected chi connectivity index (χ0v) is 16.5. The van der Waals surface area contributed by atoms with Gasteiger partial charge in [0.25, 0.3) is 0 Å². The third kappa shape index (κ3) is 4.75. The summed E-state index contributed by atoms with van der Waals surface area (Å²) in [5.41, 5.74) is 12.6. The van der Waals surface area contributed by atoms with Crippen LogP contribution in [0.15, 0.2) is 48.5 Å². The van der Waals surface area contributed by atoms with Gasteiger partial charge in [-0.2, -0.15) is 0 Å². The van der Waals surface area contributed by atoms with Gasteiger partial charge in [-0.1, -0.05) is 12.1 Å². The summed E-state index contributed by atoms with van der Waals surface area (Å²) < 4.78 is 5.96. The zero-order chi connectivity index (χ0) is 21.8. The molecule has 1 aliphatic heterocycles. The number of amidine groups is 2. The number of benzene rings is 2. The van der Waals surface area contributed by atoms with Crippen molar-refractivity contribution < 1.29 is 14.3 Å². The van der Waals surface area contributed by atoms with E-state index in [1.165, 1.54) is 11.8 Å². The Morgan fingerprint density at radius 3 is 2.33 bits per heavy atom. The highest BCUT2D eigenvalue weighted by Crippen LogP contribution is 2.25. The van der Waals surface area contributed by atoms with Crippen molar-refractivity contribution >= 4 is 29.2 Å². The fraction of sp³-hybridized carbons (Fsp3) is 0.238. The van der Waals surface area contributed by atoms with E-state index in [1.54, 1.807) is 48.5 Å². The van der Waals surface area contributed by atoms with Crippen LogP contribution in [0.2, 0.25) is 0 Å². The molecule has 156 valence electrons. The summed E-state index contributed by atoms with van der Waals surface area (Å²) in [6.45, 7) is 1.70. The van der Waals surface area contributed by atoms with Gasteiger partial charge in [0.05, 0.1) is 6.54 Å². The normalized spacial score (nSPS) is 18.0. The number of nitrogen functional groups attached to an aromatic ring is 2. The standard InChI is InChI=1S/C21H24N6O3/c1-12(28)27-11-17(30-16-4-2-3-14(9-16)20(24)25)10-18(27)21(29)26-15-7-5-13(6-8-15)19(22)23/h2-9,17-18H,10-11H2,1H3,(H3,22,23)(H3,24,25)(H,26,29). The van der Waals surface area contributed by atoms with Crippen molar-refractivity contribution in [2.24, 2.45) is 11.5 Å². The van der Waals surface area contributed by atoms with Crippen molar-refractivity contribution in [3.05, 3.63) is 59.7 Å². The van der Waals surface area contributed by atoms with Gasteiger partial charge in [0, 0.05) is 30.2 Å². The molecular weight excluding hydrogens is 384 g/mol. The average molecular weight is 408 g/mol. The molecule has 2 aromatic rings. The Kier molecular flexibility index (Phi) is 6.01. The molecule has 30 heavy (non-hydrogen) atoms. The van der Waals surface area contributed by atoms with E-state index in [4.69, 9.17) is 27.0 Å². The van der Waals surface area contributed by atoms with Crippen LogP contribution in [0, 0.1) is 10.8 Å². The third-order valence-electron chi connectivity index (χ3n) is 4.88. The molecule has 3 rings (SSSR count). The molecule has 0 saturated carbocycles. The van der Waals surface area contributed by atoms with Crippen LogP contribution in [-0.4, -0.2) is 47.1 Å². The molecule has 0 aromatic heterocycles. The molecule has 1 aliphatic rings. The van der Waals surface area contributed by atoms with Crippen molar-refractivity contribution in [2.45, 2.75) is 25.5 Å². The lowest BCUT2D eigenvalue weighted by molar-refractivity contribution is -0.134. The molecule has 2 amide bonds. The number of hydrogen-bond acceptors (Lipinski definition) is 5. The Morgan fingerprint density at radius 2 is 1.73 bits per heavy atom. The molecule has 0 spiro atoms. The molecule has 1 saturated heterocycles. The predicted octanol–water partition coefficient (Wildman–Crippen LogP) is 1.26. The van der Waals surface area contributed by atoms with Crippen molar-refractivity contribution in [3.63, 3.8) is 0 Å². The number of anilines is 1. The quantitative estimate of drug-likeness (QED) is 0.359. The Morgan fingerprint density at radius 1 is 1.07 bits per heavy atom. The van der Waals surface area contributed by atoms with E-state index in [2.05, 4.69) is 5.32 Å². The van der Waals surface area contributed by atoms with Crippen molar-refractivity contribution in [2.75, 3.05) is 11.9 Å². The minimum atomic E-state index is -0.670. The average Bonchev–Trinajstić information content (AvgIpc) is 3.13. The molecule has 7 N–H and O–H groups in total. The molecule has 0 aliphatic carbocycles. The van der Waals surface area contributed by atoms with Crippen LogP contribution in [-0.2, 0) is 9.59 Å². The van der Waals surface area contributed by atoms with Crippen LogP contribution in [0.1, 0.15) is 24.5 Å². The van der Waals surface area contributed by atoms with E-state index in [9.17, 15) is 9.59 Å². The first-order valence-corrected chi connectivity index (χ1v) is 9.38. The molecule has 2 aromatic carbocycles. The molecule has 9 heteroatoms. The lowest BCUT2D eigenvalue weighted by atomic mass is 10.1. The van der Waals surface area contributed by atoms with Gasteiger partial charge in [0.1, 0.15) is 29.6 Å². The highest BCUT2D eigenvalue weighted by atomic mass is 16.5. The molecule has 0 bridgehead atoms. The lowest BCUT2D eigenvalue weighted by Crippen LogP contribution is -2.42. The summed E-state index contributed by atoms with van der Waals surface area (Å²) >= 11 is 0. The van der Waals surface area contributed by atoms with Gasteiger partial charge in [0.2, 0.25) is 11.8 Å². The smallest absolute Gasteiger partial charge is 0.247 e. The van der Waals surface area contributed by atoms with E-state index in [0.29, 0.717) is 29.0 Å². The summed E-state index contributed by atoms with van der Waals surface area (Å²) in [6.07, 6.45) is -0.0340. The maximum Gasteiger partial charge on any atom is 0.247 e. The first kappa shape index (κ1) is 20.8. The third-order valence-corrected chi connectivity index (χ3v) is 4.88. The second-order valence-corrected chi connectivity index (χ2v) is 7.08. The number of amides is 2. The maximum absolute atomic E-state index is 12.8. The largest absolute Gasteiger partial charge is 0.488 e. The zero-order valence-electron chi connectivity index (χ0n) is 16.5. The molecule has 1 heterocycles. The van der Waals surface area contributed by atoms with E-state index in [1.807, 2.05) is 0 Å². The fourth-order valence-electron chi connectivity index (χ4n) is 3.37. The summed E-state index contributed by atoms with van der Waals surface area (Å²) in [6, 6.07) is 12.8. The van der Waals surface area contributed by atoms with Gasteiger partial charge in [0.15, 0.2) is 0 Å². The van der Waals surface area contributed by atoms with E-state index >= 15 is 0 Å². The van der Waals surface area contributed by atoms with E-state index in [-0.39, 0.29) is 36.1 Å². The number of nitrogens with one attached hydrogen (secondary N) is 3. The highest BCUT2D eigenvalue weighted by molar-refractivity contribution is 5.99. The second-order valence-electron chi connectivity index (χ2n) is 7.08. The molecule has 2 unspecified atom stereocenters. The molecular formula is C21H24N6O3. The van der Waals surface area contributed by atoms with E-state index in [0.717, 1.165) is 0 Å². The van der Waals surface area contributed by atoms with Crippen molar-refractivity contribution in [3.8, 4) is 5.75 Å². The van der Waals surface area contributed by atoms with Crippen LogP contribution >= 0.6 is 0 Å². The number of likely N-dealkylation sites (tertiary alicyclic amines) is 1. The Balaban J connectivity index is 1.70. The molecule has 1 fully saturated rings. The van der Waals surface area contributed by atoms with Crippen LogP contribution < -0.4 is 21.5 Å². The van der Waals surface area contributed by atoms with Crippen LogP contribution in [0.25, 0.3) is 0 Å². The highest BCUT2D eigenvalue weighted by Gasteiger charge is 2.39. The first-order valence-electron chi connectivity index (χ1n) is 9.38. The Labute approximate surface area is 174 Å².